The number of aliphatic hydroxyl groups excluding tert-OH is 1. The molecule has 0 saturated heterocycles. The number of hydrogen-bond donors (Lipinski definition) is 1. The number of rotatable bonds is 5. The lowest BCUT2D eigenvalue weighted by molar-refractivity contribution is 0.00636. The van der Waals surface area contributed by atoms with Crippen molar-refractivity contribution in [1.29, 1.82) is 0 Å². The van der Waals surface area contributed by atoms with Gasteiger partial charge in [-0.3, -0.25) is 9.78 Å². The summed E-state index contributed by atoms with van der Waals surface area (Å²) in [6, 6.07) is 9.97. The molecule has 5 heteroatoms. The van der Waals surface area contributed by atoms with E-state index in [0.717, 1.165) is 36.8 Å². The maximum atomic E-state index is 13.1. The van der Waals surface area contributed by atoms with Crippen LogP contribution >= 0.6 is 0 Å². The molecule has 2 fully saturated rings. The van der Waals surface area contributed by atoms with E-state index in [1.54, 1.807) is 0 Å². The first-order chi connectivity index (χ1) is 13.7. The fraction of sp³-hybridized carbons (Fsp3) is 0.478. The predicted octanol–water partition coefficient (Wildman–Crippen LogP) is 3.80. The fourth-order valence-corrected chi connectivity index (χ4v) is 4.36. The number of aromatic nitrogens is 1. The Balaban J connectivity index is 1.32. The Morgan fingerprint density at radius 1 is 1.11 bits per heavy atom. The van der Waals surface area contributed by atoms with Gasteiger partial charge in [-0.1, -0.05) is 24.6 Å². The summed E-state index contributed by atoms with van der Waals surface area (Å²) in [6.07, 6.45) is 7.41. The number of aliphatic hydroxyl groups is 1. The molecule has 2 aliphatic carbocycles. The number of carbonyl (C=O) groups excluding carboxylic acids is 1. The molecule has 2 heterocycles. The van der Waals surface area contributed by atoms with Gasteiger partial charge < -0.3 is 14.7 Å². The van der Waals surface area contributed by atoms with Gasteiger partial charge in [0.15, 0.2) is 0 Å². The van der Waals surface area contributed by atoms with Crippen LogP contribution in [0.15, 0.2) is 36.5 Å². The Hall–Kier alpha value is -2.40. The van der Waals surface area contributed by atoms with Crippen molar-refractivity contribution in [3.8, 4) is 5.75 Å². The van der Waals surface area contributed by atoms with E-state index in [1.165, 1.54) is 18.5 Å². The Kier molecular flexibility index (Phi) is 4.55. The second-order valence-electron chi connectivity index (χ2n) is 8.33. The lowest BCUT2D eigenvalue weighted by Gasteiger charge is -2.28. The third kappa shape index (κ3) is 3.39. The van der Waals surface area contributed by atoms with Crippen LogP contribution in [0.1, 0.15) is 71.6 Å². The Morgan fingerprint density at radius 2 is 1.96 bits per heavy atom. The molecule has 2 atom stereocenters. The monoisotopic (exact) mass is 378 g/mol. The van der Waals surface area contributed by atoms with Crippen molar-refractivity contribution in [3.05, 3.63) is 58.9 Å². The number of carbonyl (C=O) groups is 1. The van der Waals surface area contributed by atoms with Crippen molar-refractivity contribution in [2.24, 2.45) is 0 Å². The fourth-order valence-electron chi connectivity index (χ4n) is 4.36. The van der Waals surface area contributed by atoms with Gasteiger partial charge in [0.2, 0.25) is 0 Å². The molecule has 28 heavy (non-hydrogen) atoms. The van der Waals surface area contributed by atoms with E-state index in [2.05, 4.69) is 17.1 Å². The van der Waals surface area contributed by atoms with Gasteiger partial charge in [0.25, 0.3) is 5.91 Å². The number of hydrogen-bond acceptors (Lipinski definition) is 4. The zero-order valence-electron chi connectivity index (χ0n) is 16.0. The molecule has 146 valence electrons. The van der Waals surface area contributed by atoms with E-state index in [1.807, 2.05) is 29.3 Å². The molecule has 0 unspecified atom stereocenters. The van der Waals surface area contributed by atoms with Gasteiger partial charge in [0, 0.05) is 30.9 Å². The van der Waals surface area contributed by atoms with Crippen molar-refractivity contribution in [2.75, 3.05) is 0 Å². The maximum absolute atomic E-state index is 13.1. The van der Waals surface area contributed by atoms with Gasteiger partial charge >= 0.3 is 0 Å². The summed E-state index contributed by atoms with van der Waals surface area (Å²) in [6.45, 7) is 1.14. The van der Waals surface area contributed by atoms with Crippen molar-refractivity contribution in [2.45, 2.75) is 69.7 Å². The number of ether oxygens (including phenoxy) is 1. The van der Waals surface area contributed by atoms with Crippen LogP contribution in [0.5, 0.6) is 5.75 Å². The largest absolute Gasteiger partial charge is 0.487 e. The zero-order valence-corrected chi connectivity index (χ0v) is 16.0. The predicted molar refractivity (Wildman–Crippen MR) is 105 cm³/mol. The highest BCUT2D eigenvalue weighted by atomic mass is 16.5. The molecule has 0 radical (unpaired) electrons. The lowest BCUT2D eigenvalue weighted by atomic mass is 9.94. The van der Waals surface area contributed by atoms with Crippen molar-refractivity contribution < 1.29 is 14.6 Å². The van der Waals surface area contributed by atoms with Gasteiger partial charge in [-0.15, -0.1) is 0 Å². The van der Waals surface area contributed by atoms with E-state index >= 15 is 0 Å². The Labute approximate surface area is 165 Å². The van der Waals surface area contributed by atoms with Gasteiger partial charge in [-0.2, -0.15) is 0 Å². The average molecular weight is 378 g/mol. The first-order valence-electron chi connectivity index (χ1n) is 10.4. The Bertz CT molecular complexity index is 876. The molecule has 1 aromatic carbocycles. The number of fused-ring (bicyclic) bond motifs is 1. The summed E-state index contributed by atoms with van der Waals surface area (Å²) in [7, 11) is 0. The van der Waals surface area contributed by atoms with Gasteiger partial charge in [-0.05, 0) is 55.4 Å². The van der Waals surface area contributed by atoms with Crippen LogP contribution in [0.2, 0.25) is 0 Å². The summed E-state index contributed by atoms with van der Waals surface area (Å²) in [5.41, 5.74) is 3.87. The molecule has 5 rings (SSSR count). The molecule has 0 spiro atoms. The van der Waals surface area contributed by atoms with Crippen molar-refractivity contribution in [3.63, 3.8) is 0 Å². The molecule has 2 aromatic rings. The minimum atomic E-state index is -0.451. The first kappa shape index (κ1) is 17.7. The van der Waals surface area contributed by atoms with Crippen LogP contribution in [0.25, 0.3) is 0 Å². The van der Waals surface area contributed by atoms with Crippen LogP contribution in [0.3, 0.4) is 0 Å². The molecular formula is C23H26N2O3. The second-order valence-corrected chi connectivity index (χ2v) is 8.33. The Morgan fingerprint density at radius 3 is 2.71 bits per heavy atom. The standard InChI is InChI=1S/C23H26N2O3/c26-19-5-1-2-6-20(19)28-21-7-3-4-17-14-25(23(27)22(17)21)13-15-8-11-18(24-12-15)16-9-10-16/h3-4,7-8,11-12,16,19-20,26H,1-2,5-6,9-10,13-14H2/t19-,20-/m1/s1. The van der Waals surface area contributed by atoms with Gasteiger partial charge in [-0.25, -0.2) is 0 Å². The minimum Gasteiger partial charge on any atom is -0.487 e. The van der Waals surface area contributed by atoms with E-state index < -0.39 is 6.10 Å². The number of nitrogens with zero attached hydrogens (tertiary/aromatic N) is 2. The van der Waals surface area contributed by atoms with Crippen LogP contribution in [-0.2, 0) is 13.1 Å². The summed E-state index contributed by atoms with van der Waals surface area (Å²) < 4.78 is 6.12. The summed E-state index contributed by atoms with van der Waals surface area (Å²) in [5.74, 6) is 1.25. The smallest absolute Gasteiger partial charge is 0.258 e. The van der Waals surface area contributed by atoms with Crippen LogP contribution in [0, 0.1) is 0 Å². The molecule has 0 bridgehead atoms. The third-order valence-electron chi connectivity index (χ3n) is 6.14. The zero-order chi connectivity index (χ0) is 19.1. The normalized spacial score (nSPS) is 24.3. The molecule has 5 nitrogen and oxygen atoms in total. The quantitative estimate of drug-likeness (QED) is 0.860. The van der Waals surface area contributed by atoms with Crippen LogP contribution in [0.4, 0.5) is 0 Å². The molecular weight excluding hydrogens is 352 g/mol. The van der Waals surface area contributed by atoms with E-state index in [4.69, 9.17) is 4.74 Å². The van der Waals surface area contributed by atoms with Gasteiger partial charge in [0.05, 0.1) is 11.7 Å². The highest BCUT2D eigenvalue weighted by Gasteiger charge is 2.33. The van der Waals surface area contributed by atoms with E-state index in [9.17, 15) is 9.90 Å². The maximum Gasteiger partial charge on any atom is 0.258 e. The third-order valence-corrected chi connectivity index (χ3v) is 6.14. The summed E-state index contributed by atoms with van der Waals surface area (Å²) in [4.78, 5) is 19.5. The molecule has 1 aliphatic heterocycles. The first-order valence-corrected chi connectivity index (χ1v) is 10.4. The van der Waals surface area contributed by atoms with Crippen molar-refractivity contribution >= 4 is 5.91 Å². The second kappa shape index (κ2) is 7.21. The number of pyridine rings is 1. The van der Waals surface area contributed by atoms with E-state index in [-0.39, 0.29) is 12.0 Å². The molecule has 1 N–H and O–H groups in total. The molecule has 1 amide bonds. The molecule has 1 aromatic heterocycles. The van der Waals surface area contributed by atoms with Crippen molar-refractivity contribution in [1.82, 2.24) is 9.88 Å². The summed E-state index contributed by atoms with van der Waals surface area (Å²) >= 11 is 0. The topological polar surface area (TPSA) is 62.7 Å². The number of benzene rings is 1. The van der Waals surface area contributed by atoms with E-state index in [0.29, 0.717) is 30.3 Å². The SMILES string of the molecule is O=C1c2c(cccc2O[C@@H]2CCCC[C@H]2O)CN1Cc1ccc(C2CC2)nc1. The van der Waals surface area contributed by atoms with Gasteiger partial charge in [0.1, 0.15) is 11.9 Å². The molecule has 2 saturated carbocycles. The molecule has 3 aliphatic rings. The van der Waals surface area contributed by atoms with Crippen LogP contribution in [-0.4, -0.2) is 33.1 Å². The average Bonchev–Trinajstić information content (AvgIpc) is 3.50. The minimum absolute atomic E-state index is 0.00201. The highest BCUT2D eigenvalue weighted by Crippen LogP contribution is 2.39. The summed E-state index contributed by atoms with van der Waals surface area (Å²) in [5, 5.41) is 10.2. The number of amides is 1. The van der Waals surface area contributed by atoms with Crippen LogP contribution < -0.4 is 4.74 Å². The lowest BCUT2D eigenvalue weighted by Crippen LogP contribution is -2.35. The highest BCUT2D eigenvalue weighted by molar-refractivity contribution is 6.01.